The van der Waals surface area contributed by atoms with Crippen molar-refractivity contribution in [3.05, 3.63) is 60.2 Å². The Morgan fingerprint density at radius 1 is 1.06 bits per heavy atom. The summed E-state index contributed by atoms with van der Waals surface area (Å²) in [5.41, 5.74) is 1.67. The number of ether oxygens (including phenoxy) is 2. The van der Waals surface area contributed by atoms with E-state index in [9.17, 15) is 9.59 Å². The van der Waals surface area contributed by atoms with Crippen LogP contribution in [-0.4, -0.2) is 63.2 Å². The summed E-state index contributed by atoms with van der Waals surface area (Å²) >= 11 is 0. The molecule has 33 heavy (non-hydrogen) atoms. The summed E-state index contributed by atoms with van der Waals surface area (Å²) in [5.74, 6) is 0.501. The fraction of sp³-hybridized carbons (Fsp3) is 0.462. The van der Waals surface area contributed by atoms with E-state index >= 15 is 0 Å². The summed E-state index contributed by atoms with van der Waals surface area (Å²) in [6.45, 7) is 0.723. The predicted octanol–water partition coefficient (Wildman–Crippen LogP) is 3.58. The van der Waals surface area contributed by atoms with Crippen LogP contribution in [0.15, 0.2) is 54.6 Å². The Labute approximate surface area is 195 Å². The van der Waals surface area contributed by atoms with Crippen LogP contribution in [0, 0.1) is 0 Å². The summed E-state index contributed by atoms with van der Waals surface area (Å²) in [6, 6.07) is 17.9. The van der Waals surface area contributed by atoms with Gasteiger partial charge in [0.25, 0.3) is 0 Å². The van der Waals surface area contributed by atoms with E-state index in [2.05, 4.69) is 48.6 Å². The maximum atomic E-state index is 13.1. The maximum Gasteiger partial charge on any atom is 0.322 e. The summed E-state index contributed by atoms with van der Waals surface area (Å²) in [5, 5.41) is 3.28. The fourth-order valence-electron chi connectivity index (χ4n) is 5.28. The number of nitrogens with zero attached hydrogens (tertiary/aromatic N) is 2. The molecule has 7 nitrogen and oxygen atoms in total. The number of hydrogen-bond donors (Lipinski definition) is 1. The Balaban J connectivity index is 1.54. The van der Waals surface area contributed by atoms with Gasteiger partial charge in [-0.05, 0) is 57.5 Å². The lowest BCUT2D eigenvalue weighted by molar-refractivity contribution is -0.115. The van der Waals surface area contributed by atoms with E-state index in [0.717, 1.165) is 32.0 Å². The van der Waals surface area contributed by atoms with Crippen molar-refractivity contribution in [2.75, 3.05) is 39.3 Å². The Kier molecular flexibility index (Phi) is 6.72. The second-order valence-corrected chi connectivity index (χ2v) is 9.30. The van der Waals surface area contributed by atoms with Crippen LogP contribution < -0.4 is 15.0 Å². The van der Waals surface area contributed by atoms with Gasteiger partial charge in [0.2, 0.25) is 0 Å². The maximum absolute atomic E-state index is 13.1. The number of anilines is 1. The molecule has 1 aliphatic carbocycles. The van der Waals surface area contributed by atoms with Gasteiger partial charge in [-0.25, -0.2) is 4.79 Å². The molecule has 1 aliphatic heterocycles. The molecule has 7 heteroatoms. The summed E-state index contributed by atoms with van der Waals surface area (Å²) in [6.07, 6.45) is 3.67. The highest BCUT2D eigenvalue weighted by molar-refractivity contribution is 5.96. The van der Waals surface area contributed by atoms with Crippen LogP contribution in [0.1, 0.15) is 31.2 Å². The summed E-state index contributed by atoms with van der Waals surface area (Å²) in [7, 11) is 5.80. The molecule has 0 aromatic heterocycles. The highest BCUT2D eigenvalue weighted by Crippen LogP contribution is 2.47. The monoisotopic (exact) mass is 451 g/mol. The topological polar surface area (TPSA) is 71.1 Å². The van der Waals surface area contributed by atoms with Gasteiger partial charge in [-0.15, -0.1) is 0 Å². The summed E-state index contributed by atoms with van der Waals surface area (Å²) < 4.78 is 10.9. The zero-order valence-electron chi connectivity index (χ0n) is 19.6. The highest BCUT2D eigenvalue weighted by Gasteiger charge is 2.50. The minimum Gasteiger partial charge on any atom is -0.478 e. The minimum absolute atomic E-state index is 0.0387. The average molecular weight is 452 g/mol. The van der Waals surface area contributed by atoms with Crippen molar-refractivity contribution in [2.45, 2.75) is 42.9 Å². The van der Waals surface area contributed by atoms with E-state index in [4.69, 9.17) is 9.47 Å². The number of hydrogen-bond acceptors (Lipinski definition) is 5. The molecule has 2 aliphatic rings. The number of nitrogens with one attached hydrogen (secondary N) is 1. The molecule has 176 valence electrons. The SMILES string of the molecule is COCC(C=O)Oc1ccccc1N1CC2(CCC(c3ccccc3)(N(C)C)CC2)NC1=O. The molecule has 2 aromatic rings. The molecule has 1 saturated carbocycles. The smallest absolute Gasteiger partial charge is 0.322 e. The van der Waals surface area contributed by atoms with Crippen LogP contribution >= 0.6 is 0 Å². The van der Waals surface area contributed by atoms with Gasteiger partial charge in [0.15, 0.2) is 12.4 Å². The third-order valence-electron chi connectivity index (χ3n) is 7.20. The van der Waals surface area contributed by atoms with Crippen LogP contribution in [0.25, 0.3) is 0 Å². The van der Waals surface area contributed by atoms with Crippen LogP contribution in [0.5, 0.6) is 5.75 Å². The second-order valence-electron chi connectivity index (χ2n) is 9.30. The van der Waals surface area contributed by atoms with E-state index in [-0.39, 0.29) is 23.7 Å². The lowest BCUT2D eigenvalue weighted by atomic mass is 9.69. The number of para-hydroxylation sites is 2. The highest BCUT2D eigenvalue weighted by atomic mass is 16.5. The largest absolute Gasteiger partial charge is 0.478 e. The van der Waals surface area contributed by atoms with Crippen molar-refractivity contribution in [3.8, 4) is 5.75 Å². The molecule has 1 atom stereocenters. The number of urea groups is 1. The molecule has 2 amide bonds. The minimum atomic E-state index is -0.725. The number of aldehydes is 1. The molecule has 1 spiro atoms. The van der Waals surface area contributed by atoms with E-state index in [0.29, 0.717) is 18.0 Å². The van der Waals surface area contributed by atoms with Gasteiger partial charge in [-0.2, -0.15) is 0 Å². The number of carbonyl (C=O) groups excluding carboxylic acids is 2. The van der Waals surface area contributed by atoms with Gasteiger partial charge in [0.05, 0.1) is 24.4 Å². The van der Waals surface area contributed by atoms with E-state index in [1.54, 1.807) is 11.0 Å². The second kappa shape index (κ2) is 9.53. The molecule has 1 heterocycles. The zero-order valence-corrected chi connectivity index (χ0v) is 19.6. The van der Waals surface area contributed by atoms with E-state index in [1.807, 2.05) is 24.3 Å². The van der Waals surface area contributed by atoms with Crippen LogP contribution in [-0.2, 0) is 15.1 Å². The number of amides is 2. The van der Waals surface area contributed by atoms with Crippen molar-refractivity contribution in [2.24, 2.45) is 0 Å². The first kappa shape index (κ1) is 23.3. The van der Waals surface area contributed by atoms with E-state index in [1.165, 1.54) is 12.7 Å². The Morgan fingerprint density at radius 2 is 1.73 bits per heavy atom. The number of methoxy groups -OCH3 is 1. The number of carbonyl (C=O) groups is 2. The molecule has 0 radical (unpaired) electrons. The third-order valence-corrected chi connectivity index (χ3v) is 7.20. The van der Waals surface area contributed by atoms with Crippen LogP contribution in [0.3, 0.4) is 0 Å². The standard InChI is InChI=1S/C26H33N3O4/c1-28(2)26(20-9-5-4-6-10-20)15-13-25(14-16-26)19-29(24(31)27-25)22-11-7-8-12-23(22)33-21(17-30)18-32-3/h4-12,17,21H,13-16,18-19H2,1-3H3,(H,27,31). The first-order chi connectivity index (χ1) is 15.9. The number of rotatable bonds is 8. The molecule has 0 bridgehead atoms. The van der Waals surface area contributed by atoms with Crippen molar-refractivity contribution >= 4 is 18.0 Å². The zero-order chi connectivity index (χ0) is 23.5. The molecular weight excluding hydrogens is 418 g/mol. The predicted molar refractivity (Wildman–Crippen MR) is 128 cm³/mol. The molecule has 1 N–H and O–H groups in total. The fourth-order valence-corrected chi connectivity index (χ4v) is 5.28. The average Bonchev–Trinajstić information content (AvgIpc) is 3.15. The van der Waals surface area contributed by atoms with Gasteiger partial charge < -0.3 is 14.8 Å². The summed E-state index contributed by atoms with van der Waals surface area (Å²) in [4.78, 5) is 28.5. The Morgan fingerprint density at radius 3 is 2.36 bits per heavy atom. The van der Waals surface area contributed by atoms with Crippen molar-refractivity contribution in [3.63, 3.8) is 0 Å². The van der Waals surface area contributed by atoms with Crippen LogP contribution in [0.4, 0.5) is 10.5 Å². The number of benzene rings is 2. The van der Waals surface area contributed by atoms with Gasteiger partial charge in [-0.3, -0.25) is 14.6 Å². The lowest BCUT2D eigenvalue weighted by Gasteiger charge is -2.48. The molecule has 1 saturated heterocycles. The van der Waals surface area contributed by atoms with Crippen LogP contribution in [0.2, 0.25) is 0 Å². The lowest BCUT2D eigenvalue weighted by Crippen LogP contribution is -2.54. The molecule has 1 unspecified atom stereocenters. The molecule has 2 aromatic carbocycles. The molecule has 2 fully saturated rings. The Hall–Kier alpha value is -2.90. The Bertz CT molecular complexity index is 971. The van der Waals surface area contributed by atoms with E-state index < -0.39 is 6.10 Å². The van der Waals surface area contributed by atoms with Gasteiger partial charge in [-0.1, -0.05) is 42.5 Å². The van der Waals surface area contributed by atoms with Gasteiger partial charge in [0.1, 0.15) is 5.75 Å². The van der Waals surface area contributed by atoms with Crippen molar-refractivity contribution in [1.82, 2.24) is 10.2 Å². The molecular formula is C26H33N3O4. The first-order valence-corrected chi connectivity index (χ1v) is 11.5. The first-order valence-electron chi connectivity index (χ1n) is 11.5. The van der Waals surface area contributed by atoms with Gasteiger partial charge >= 0.3 is 6.03 Å². The van der Waals surface area contributed by atoms with Gasteiger partial charge in [0, 0.05) is 12.6 Å². The molecule has 4 rings (SSSR count). The third kappa shape index (κ3) is 4.48. The normalized spacial score (nSPS) is 25.8. The quantitative estimate of drug-likeness (QED) is 0.622. The van der Waals surface area contributed by atoms with Crippen molar-refractivity contribution < 1.29 is 19.1 Å². The van der Waals surface area contributed by atoms with Crippen molar-refractivity contribution in [1.29, 1.82) is 0 Å².